The standard InChI is InChI=1S/C17H19N5O2/c1-11(13-9-19-21(2)10-13)22(3)17(24)16(23)20-14-4-5-15-12(8-14)6-7-18-15/h4-11,18H,1-3H3,(H,20,23)/t11-/m1/s1. The Balaban J connectivity index is 1.70. The Morgan fingerprint density at radius 3 is 2.83 bits per heavy atom. The van der Waals surface area contributed by atoms with Gasteiger partial charge in [-0.2, -0.15) is 5.10 Å². The Bertz CT molecular complexity index is 895. The molecule has 3 aromatic rings. The maximum absolute atomic E-state index is 12.4. The zero-order valence-electron chi connectivity index (χ0n) is 13.8. The highest BCUT2D eigenvalue weighted by Crippen LogP contribution is 2.20. The number of aryl methyl sites for hydroxylation is 1. The highest BCUT2D eigenvalue weighted by atomic mass is 16.2. The summed E-state index contributed by atoms with van der Waals surface area (Å²) in [5, 5.41) is 7.71. The number of benzene rings is 1. The van der Waals surface area contributed by atoms with E-state index in [1.807, 2.05) is 44.6 Å². The molecule has 2 N–H and O–H groups in total. The Kier molecular flexibility index (Phi) is 4.07. The molecular weight excluding hydrogens is 306 g/mol. The summed E-state index contributed by atoms with van der Waals surface area (Å²) >= 11 is 0. The number of anilines is 1. The van der Waals surface area contributed by atoms with Gasteiger partial charge in [0.2, 0.25) is 0 Å². The molecule has 24 heavy (non-hydrogen) atoms. The largest absolute Gasteiger partial charge is 0.361 e. The van der Waals surface area contributed by atoms with Crippen LogP contribution in [0.25, 0.3) is 10.9 Å². The molecule has 0 aliphatic rings. The summed E-state index contributed by atoms with van der Waals surface area (Å²) in [5.41, 5.74) is 2.43. The molecule has 1 aromatic carbocycles. The van der Waals surface area contributed by atoms with Crippen LogP contribution in [0.4, 0.5) is 5.69 Å². The van der Waals surface area contributed by atoms with Crippen LogP contribution < -0.4 is 5.32 Å². The molecule has 1 atom stereocenters. The SMILES string of the molecule is C[C@H](c1cnn(C)c1)N(C)C(=O)C(=O)Nc1ccc2[nH]ccc2c1. The lowest BCUT2D eigenvalue weighted by Gasteiger charge is -2.23. The average molecular weight is 325 g/mol. The number of nitrogens with one attached hydrogen (secondary N) is 2. The molecule has 7 heteroatoms. The Hall–Kier alpha value is -3.09. The van der Waals surface area contributed by atoms with Gasteiger partial charge in [-0.1, -0.05) is 0 Å². The summed E-state index contributed by atoms with van der Waals surface area (Å²) in [6, 6.07) is 7.10. The lowest BCUT2D eigenvalue weighted by atomic mass is 10.1. The van der Waals surface area contributed by atoms with Gasteiger partial charge >= 0.3 is 11.8 Å². The summed E-state index contributed by atoms with van der Waals surface area (Å²) in [5.74, 6) is -1.26. The van der Waals surface area contributed by atoms with Crippen molar-refractivity contribution < 1.29 is 9.59 Å². The van der Waals surface area contributed by atoms with E-state index in [2.05, 4.69) is 15.4 Å². The third-order valence-electron chi connectivity index (χ3n) is 4.11. The quantitative estimate of drug-likeness (QED) is 0.723. The lowest BCUT2D eigenvalue weighted by Crippen LogP contribution is -2.38. The second-order valence-electron chi connectivity index (χ2n) is 5.77. The molecule has 124 valence electrons. The van der Waals surface area contributed by atoms with Crippen molar-refractivity contribution in [3.8, 4) is 0 Å². The number of hydrogen-bond acceptors (Lipinski definition) is 3. The second-order valence-corrected chi connectivity index (χ2v) is 5.77. The van der Waals surface area contributed by atoms with E-state index in [9.17, 15) is 9.59 Å². The molecule has 0 unspecified atom stereocenters. The molecule has 0 aliphatic heterocycles. The first kappa shape index (κ1) is 15.8. The number of aromatic amines is 1. The number of carbonyl (C=O) groups excluding carboxylic acids is 2. The maximum atomic E-state index is 12.4. The van der Waals surface area contributed by atoms with E-state index in [1.54, 1.807) is 24.0 Å². The van der Waals surface area contributed by atoms with E-state index in [-0.39, 0.29) is 6.04 Å². The Morgan fingerprint density at radius 1 is 1.33 bits per heavy atom. The first-order chi connectivity index (χ1) is 11.5. The van der Waals surface area contributed by atoms with Crippen LogP contribution in [0.1, 0.15) is 18.5 Å². The van der Waals surface area contributed by atoms with Gasteiger partial charge in [0, 0.05) is 48.6 Å². The third kappa shape index (κ3) is 3.01. The molecule has 0 bridgehead atoms. The van der Waals surface area contributed by atoms with Gasteiger partial charge in [0.05, 0.1) is 12.2 Å². The van der Waals surface area contributed by atoms with Crippen molar-refractivity contribution in [2.45, 2.75) is 13.0 Å². The molecule has 0 saturated heterocycles. The average Bonchev–Trinajstić information content (AvgIpc) is 3.20. The van der Waals surface area contributed by atoms with E-state index < -0.39 is 11.8 Å². The van der Waals surface area contributed by atoms with Crippen LogP contribution in [-0.2, 0) is 16.6 Å². The fourth-order valence-corrected chi connectivity index (χ4v) is 2.53. The highest BCUT2D eigenvalue weighted by molar-refractivity contribution is 6.39. The van der Waals surface area contributed by atoms with Gasteiger partial charge in [-0.05, 0) is 31.2 Å². The molecule has 3 rings (SSSR count). The zero-order valence-corrected chi connectivity index (χ0v) is 13.8. The topological polar surface area (TPSA) is 83.0 Å². The van der Waals surface area contributed by atoms with Crippen molar-refractivity contribution in [2.75, 3.05) is 12.4 Å². The first-order valence-electron chi connectivity index (χ1n) is 7.59. The molecule has 7 nitrogen and oxygen atoms in total. The van der Waals surface area contributed by atoms with Crippen LogP contribution in [-0.4, -0.2) is 38.5 Å². The molecular formula is C17H19N5O2. The fraction of sp³-hybridized carbons (Fsp3) is 0.235. The minimum atomic E-state index is -0.664. The Morgan fingerprint density at radius 2 is 2.12 bits per heavy atom. The smallest absolute Gasteiger partial charge is 0.313 e. The number of fused-ring (bicyclic) bond motifs is 1. The van der Waals surface area contributed by atoms with Crippen LogP contribution in [0, 0.1) is 0 Å². The van der Waals surface area contributed by atoms with E-state index in [1.165, 1.54) is 4.90 Å². The highest BCUT2D eigenvalue weighted by Gasteiger charge is 2.24. The number of amides is 2. The number of nitrogens with zero attached hydrogens (tertiary/aromatic N) is 3. The Labute approximate surface area is 139 Å². The van der Waals surface area contributed by atoms with Gasteiger partial charge in [-0.15, -0.1) is 0 Å². The third-order valence-corrected chi connectivity index (χ3v) is 4.11. The minimum Gasteiger partial charge on any atom is -0.361 e. The molecule has 2 amide bonds. The minimum absolute atomic E-state index is 0.246. The van der Waals surface area contributed by atoms with Crippen molar-refractivity contribution in [3.05, 3.63) is 48.4 Å². The number of carbonyl (C=O) groups is 2. The van der Waals surface area contributed by atoms with Crippen LogP contribution in [0.15, 0.2) is 42.9 Å². The summed E-state index contributed by atoms with van der Waals surface area (Å²) in [6.45, 7) is 1.86. The van der Waals surface area contributed by atoms with E-state index in [0.29, 0.717) is 5.69 Å². The normalized spacial score (nSPS) is 12.1. The van der Waals surface area contributed by atoms with E-state index >= 15 is 0 Å². The van der Waals surface area contributed by atoms with Gasteiger partial charge < -0.3 is 15.2 Å². The molecule has 0 radical (unpaired) electrons. The zero-order chi connectivity index (χ0) is 17.3. The number of H-pyrrole nitrogens is 1. The summed E-state index contributed by atoms with van der Waals surface area (Å²) in [6.07, 6.45) is 5.34. The molecule has 0 saturated carbocycles. The van der Waals surface area contributed by atoms with Gasteiger partial charge in [0.15, 0.2) is 0 Å². The summed E-state index contributed by atoms with van der Waals surface area (Å²) in [7, 11) is 3.41. The van der Waals surface area contributed by atoms with Crippen LogP contribution in [0.3, 0.4) is 0 Å². The van der Waals surface area contributed by atoms with E-state index in [0.717, 1.165) is 16.5 Å². The lowest BCUT2D eigenvalue weighted by molar-refractivity contribution is -0.143. The van der Waals surface area contributed by atoms with E-state index in [4.69, 9.17) is 0 Å². The number of aromatic nitrogens is 3. The van der Waals surface area contributed by atoms with Crippen molar-refractivity contribution in [2.24, 2.45) is 7.05 Å². The number of likely N-dealkylation sites (N-methyl/N-ethyl adjacent to an activating group) is 1. The van der Waals surface area contributed by atoms with Crippen molar-refractivity contribution in [1.82, 2.24) is 19.7 Å². The van der Waals surface area contributed by atoms with Gasteiger partial charge in [0.25, 0.3) is 0 Å². The first-order valence-corrected chi connectivity index (χ1v) is 7.59. The monoisotopic (exact) mass is 325 g/mol. The van der Waals surface area contributed by atoms with Crippen LogP contribution in [0.2, 0.25) is 0 Å². The molecule has 2 heterocycles. The molecule has 0 aliphatic carbocycles. The predicted molar refractivity (Wildman–Crippen MR) is 91.3 cm³/mol. The van der Waals surface area contributed by atoms with Crippen molar-refractivity contribution in [1.29, 1.82) is 0 Å². The van der Waals surface area contributed by atoms with Crippen molar-refractivity contribution >= 4 is 28.4 Å². The number of rotatable bonds is 3. The summed E-state index contributed by atoms with van der Waals surface area (Å²) < 4.78 is 1.66. The van der Waals surface area contributed by atoms with Gasteiger partial charge in [-0.25, -0.2) is 0 Å². The van der Waals surface area contributed by atoms with Crippen LogP contribution in [0.5, 0.6) is 0 Å². The maximum Gasteiger partial charge on any atom is 0.313 e. The molecule has 0 fully saturated rings. The van der Waals surface area contributed by atoms with Gasteiger partial charge in [-0.3, -0.25) is 14.3 Å². The fourth-order valence-electron chi connectivity index (χ4n) is 2.53. The number of hydrogen-bond donors (Lipinski definition) is 2. The predicted octanol–water partition coefficient (Wildman–Crippen LogP) is 2.06. The van der Waals surface area contributed by atoms with Crippen molar-refractivity contribution in [3.63, 3.8) is 0 Å². The molecule has 0 spiro atoms. The van der Waals surface area contributed by atoms with Crippen LogP contribution >= 0.6 is 0 Å². The molecule has 2 aromatic heterocycles. The summed E-state index contributed by atoms with van der Waals surface area (Å²) in [4.78, 5) is 29.1. The second kappa shape index (κ2) is 6.19. The van der Waals surface area contributed by atoms with Gasteiger partial charge in [0.1, 0.15) is 0 Å².